The molecule has 0 aromatic heterocycles. The van der Waals surface area contributed by atoms with Gasteiger partial charge in [-0.25, -0.2) is 4.79 Å². The molecule has 3 aliphatic rings. The lowest BCUT2D eigenvalue weighted by Crippen LogP contribution is -2.71. The van der Waals surface area contributed by atoms with Gasteiger partial charge in [0.15, 0.2) is 0 Å². The average molecular weight is 568 g/mol. The van der Waals surface area contributed by atoms with Gasteiger partial charge in [0.05, 0.1) is 31.5 Å². The lowest BCUT2D eigenvalue weighted by atomic mass is 9.74. The second-order valence-corrected chi connectivity index (χ2v) is 11.4. The fourth-order valence-electron chi connectivity index (χ4n) is 5.92. The number of aliphatic hydroxyl groups excluding tert-OH is 2. The molecule has 218 valence electrons. The standard InChI is InChI=1S/C34H37N3O5/c1-41-22-30-33(25-11-9-24(10-12-25)8-7-23-5-3-2-4-6-23)29-19-36(20-31(38)32(39)21-37(29)30)34(40)35-26-13-15-27(16-14-26)42-28-17-18-28/h2-6,9-16,28-33,38-39H,17-22H2,1H3,(H,35,40)/t29-,30+,31+,32-,33-/m0/s1. The molecule has 0 radical (unpaired) electrons. The van der Waals surface area contributed by atoms with Crippen LogP contribution in [0.3, 0.4) is 0 Å². The minimum atomic E-state index is -1.06. The van der Waals surface area contributed by atoms with Crippen LogP contribution < -0.4 is 10.1 Å². The number of rotatable bonds is 6. The number of hydrogen-bond donors (Lipinski definition) is 3. The maximum absolute atomic E-state index is 13.5. The van der Waals surface area contributed by atoms with Crippen molar-refractivity contribution in [3.8, 4) is 17.6 Å². The molecule has 2 aliphatic heterocycles. The van der Waals surface area contributed by atoms with Gasteiger partial charge in [0.2, 0.25) is 0 Å². The molecule has 0 bridgehead atoms. The minimum absolute atomic E-state index is 0.00475. The lowest BCUT2D eigenvalue weighted by Gasteiger charge is -2.58. The van der Waals surface area contributed by atoms with Gasteiger partial charge in [0, 0.05) is 55.0 Å². The predicted octanol–water partition coefficient (Wildman–Crippen LogP) is 3.68. The first-order valence-corrected chi connectivity index (χ1v) is 14.6. The summed E-state index contributed by atoms with van der Waals surface area (Å²) in [5, 5.41) is 24.5. The van der Waals surface area contributed by atoms with Crippen LogP contribution in [0.1, 0.15) is 35.4 Å². The molecule has 3 fully saturated rings. The number of nitrogens with zero attached hydrogens (tertiary/aromatic N) is 2. The number of carbonyl (C=O) groups excluding carboxylic acids is 1. The Kier molecular flexibility index (Phi) is 8.45. The Morgan fingerprint density at radius 2 is 1.55 bits per heavy atom. The SMILES string of the molecule is COC[C@@H]1[C@@H](c2ccc(C#Cc3ccccc3)cc2)[C@@H]2CN(C(=O)Nc3ccc(OC4CC4)cc3)C[C@@H](O)[C@@H](O)CN12. The molecule has 8 heteroatoms. The molecule has 0 spiro atoms. The summed E-state index contributed by atoms with van der Waals surface area (Å²) in [5.41, 5.74) is 3.66. The second-order valence-electron chi connectivity index (χ2n) is 11.4. The Morgan fingerprint density at radius 3 is 2.21 bits per heavy atom. The number of methoxy groups -OCH3 is 1. The number of nitrogens with one attached hydrogen (secondary N) is 1. The smallest absolute Gasteiger partial charge is 0.321 e. The highest BCUT2D eigenvalue weighted by Crippen LogP contribution is 2.42. The van der Waals surface area contributed by atoms with E-state index in [1.807, 2.05) is 66.7 Å². The van der Waals surface area contributed by atoms with Gasteiger partial charge in [0.25, 0.3) is 0 Å². The van der Waals surface area contributed by atoms with E-state index in [0.717, 1.165) is 35.3 Å². The molecule has 3 aromatic carbocycles. The normalized spacial score (nSPS) is 25.6. The van der Waals surface area contributed by atoms with Crippen LogP contribution in [0.2, 0.25) is 0 Å². The first-order chi connectivity index (χ1) is 20.5. The third-order valence-corrected chi connectivity index (χ3v) is 8.32. The summed E-state index contributed by atoms with van der Waals surface area (Å²) in [6.45, 7) is 1.23. The Balaban J connectivity index is 1.19. The molecule has 2 amide bonds. The lowest BCUT2D eigenvalue weighted by molar-refractivity contribution is -0.116. The Labute approximate surface area is 246 Å². The molecule has 2 heterocycles. The van der Waals surface area contributed by atoms with E-state index in [1.54, 1.807) is 12.0 Å². The van der Waals surface area contributed by atoms with Crippen LogP contribution in [0.4, 0.5) is 10.5 Å². The quantitative estimate of drug-likeness (QED) is 0.394. The average Bonchev–Trinajstić information content (AvgIpc) is 3.83. The first-order valence-electron chi connectivity index (χ1n) is 14.6. The highest BCUT2D eigenvalue weighted by atomic mass is 16.5. The van der Waals surface area contributed by atoms with Gasteiger partial charge in [-0.15, -0.1) is 0 Å². The third-order valence-electron chi connectivity index (χ3n) is 8.32. The van der Waals surface area contributed by atoms with Crippen LogP contribution in [0.15, 0.2) is 78.9 Å². The van der Waals surface area contributed by atoms with Gasteiger partial charge in [-0.05, 0) is 66.9 Å². The largest absolute Gasteiger partial charge is 0.490 e. The van der Waals surface area contributed by atoms with E-state index in [0.29, 0.717) is 31.5 Å². The molecule has 42 heavy (non-hydrogen) atoms. The van der Waals surface area contributed by atoms with Crippen molar-refractivity contribution in [1.29, 1.82) is 0 Å². The van der Waals surface area contributed by atoms with Crippen molar-refractivity contribution in [2.75, 3.05) is 38.7 Å². The van der Waals surface area contributed by atoms with E-state index >= 15 is 0 Å². The summed E-state index contributed by atoms with van der Waals surface area (Å²) >= 11 is 0. The molecule has 0 unspecified atom stereocenters. The molecule has 3 aromatic rings. The zero-order valence-corrected chi connectivity index (χ0v) is 23.7. The molecule has 5 atom stereocenters. The molecular weight excluding hydrogens is 530 g/mol. The van der Waals surface area contributed by atoms with Gasteiger partial charge in [-0.2, -0.15) is 0 Å². The maximum Gasteiger partial charge on any atom is 0.321 e. The zero-order chi connectivity index (χ0) is 29.1. The van der Waals surface area contributed by atoms with E-state index in [2.05, 4.69) is 34.2 Å². The summed E-state index contributed by atoms with van der Waals surface area (Å²) in [6, 6.07) is 25.1. The molecule has 8 nitrogen and oxygen atoms in total. The number of amides is 2. The van der Waals surface area contributed by atoms with Crippen molar-refractivity contribution in [3.63, 3.8) is 0 Å². The minimum Gasteiger partial charge on any atom is -0.490 e. The van der Waals surface area contributed by atoms with Crippen molar-refractivity contribution in [2.24, 2.45) is 0 Å². The van der Waals surface area contributed by atoms with Gasteiger partial charge >= 0.3 is 6.03 Å². The van der Waals surface area contributed by atoms with Gasteiger partial charge in [0.1, 0.15) is 5.75 Å². The number of carbonyl (C=O) groups is 1. The molecule has 3 N–H and O–H groups in total. The van der Waals surface area contributed by atoms with Crippen LogP contribution in [-0.4, -0.2) is 89.8 Å². The van der Waals surface area contributed by atoms with E-state index in [4.69, 9.17) is 9.47 Å². The fraction of sp³-hybridized carbons (Fsp3) is 0.382. The number of anilines is 1. The second kappa shape index (κ2) is 12.6. The number of hydrogen-bond acceptors (Lipinski definition) is 6. The van der Waals surface area contributed by atoms with Crippen LogP contribution in [0, 0.1) is 11.8 Å². The number of β-amino-alcohol motifs (C(OH)–C–C–N with tert-alkyl or cyclic N) is 1. The Morgan fingerprint density at radius 1 is 0.881 bits per heavy atom. The van der Waals surface area contributed by atoms with E-state index in [9.17, 15) is 15.0 Å². The van der Waals surface area contributed by atoms with Crippen molar-refractivity contribution in [2.45, 2.75) is 49.2 Å². The topological polar surface area (TPSA) is 94.5 Å². The third kappa shape index (κ3) is 6.45. The number of urea groups is 1. The highest BCUT2D eigenvalue weighted by molar-refractivity contribution is 5.89. The summed E-state index contributed by atoms with van der Waals surface area (Å²) in [5.74, 6) is 7.30. The molecule has 2 saturated heterocycles. The fourth-order valence-corrected chi connectivity index (χ4v) is 5.92. The van der Waals surface area contributed by atoms with Gasteiger partial charge in [-0.3, -0.25) is 4.90 Å². The summed E-state index contributed by atoms with van der Waals surface area (Å²) in [4.78, 5) is 17.2. The van der Waals surface area contributed by atoms with Gasteiger partial charge in [-0.1, -0.05) is 42.2 Å². The van der Waals surface area contributed by atoms with Gasteiger partial charge < -0.3 is 29.9 Å². The number of aliphatic hydroxyl groups is 2. The monoisotopic (exact) mass is 567 g/mol. The molecule has 6 rings (SSSR count). The molecule has 1 saturated carbocycles. The van der Waals surface area contributed by atoms with E-state index < -0.39 is 12.2 Å². The summed E-state index contributed by atoms with van der Waals surface area (Å²) < 4.78 is 11.4. The van der Waals surface area contributed by atoms with Crippen LogP contribution in [0.5, 0.6) is 5.75 Å². The molecular formula is C34H37N3O5. The summed E-state index contributed by atoms with van der Waals surface area (Å²) in [6.07, 6.45) is 0.420. The Hall–Kier alpha value is -3.87. The van der Waals surface area contributed by atoms with Crippen LogP contribution >= 0.6 is 0 Å². The number of fused-ring (bicyclic) bond motifs is 1. The highest BCUT2D eigenvalue weighted by Gasteiger charge is 2.51. The van der Waals surface area contributed by atoms with Crippen molar-refractivity contribution in [3.05, 3.63) is 95.6 Å². The molecule has 1 aliphatic carbocycles. The van der Waals surface area contributed by atoms with Crippen LogP contribution in [-0.2, 0) is 4.74 Å². The van der Waals surface area contributed by atoms with E-state index in [-0.39, 0.29) is 30.6 Å². The maximum atomic E-state index is 13.5. The summed E-state index contributed by atoms with van der Waals surface area (Å²) in [7, 11) is 1.67. The van der Waals surface area contributed by atoms with Crippen molar-refractivity contribution in [1.82, 2.24) is 9.80 Å². The van der Waals surface area contributed by atoms with E-state index in [1.165, 1.54) is 0 Å². The van der Waals surface area contributed by atoms with Crippen molar-refractivity contribution >= 4 is 11.7 Å². The predicted molar refractivity (Wildman–Crippen MR) is 160 cm³/mol. The first kappa shape index (κ1) is 28.3. The van der Waals surface area contributed by atoms with Crippen molar-refractivity contribution < 1.29 is 24.5 Å². The number of ether oxygens (including phenoxy) is 2. The Bertz CT molecular complexity index is 1420. The number of benzene rings is 3. The van der Waals surface area contributed by atoms with Crippen LogP contribution in [0.25, 0.3) is 0 Å². The zero-order valence-electron chi connectivity index (χ0n) is 23.7.